The molecule has 1 atom stereocenters. The van der Waals surface area contributed by atoms with Gasteiger partial charge in [0.2, 0.25) is 0 Å². The summed E-state index contributed by atoms with van der Waals surface area (Å²) in [4.78, 5) is 6.46. The minimum Gasteiger partial charge on any atom is -0.365 e. The third-order valence-corrected chi connectivity index (χ3v) is 3.09. The Labute approximate surface area is 98.8 Å². The second-order valence-corrected chi connectivity index (χ2v) is 4.49. The number of fused-ring (bicyclic) bond motifs is 1. The van der Waals surface area contributed by atoms with Gasteiger partial charge in [-0.05, 0) is 36.9 Å². The molecule has 0 amide bonds. The van der Waals surface area contributed by atoms with E-state index in [1.54, 1.807) is 16.9 Å². The minimum absolute atomic E-state index is 0.436. The number of aromatic nitrogens is 5. The van der Waals surface area contributed by atoms with Gasteiger partial charge in [-0.3, -0.25) is 4.98 Å². The van der Waals surface area contributed by atoms with E-state index in [2.05, 4.69) is 37.8 Å². The first-order valence-electron chi connectivity index (χ1n) is 5.80. The van der Waals surface area contributed by atoms with Crippen LogP contribution in [0.3, 0.4) is 0 Å². The molecule has 90 valence electrons. The molecule has 3 heterocycles. The standard InChI is InChI=1S/C10H15N7/c1-16-4-2-3-8(7-16)12-9-5-11-6-10-13-14-15-17(9)10/h5-6,8,12H,2-4,7H2,1H3. The second kappa shape index (κ2) is 4.25. The fraction of sp³-hybridized carbons (Fsp3) is 0.600. The van der Waals surface area contributed by atoms with Crippen LogP contribution in [0.15, 0.2) is 12.4 Å². The maximum absolute atomic E-state index is 4.13. The predicted octanol–water partition coefficient (Wildman–Crippen LogP) is 0.0254. The molecule has 2 aromatic heterocycles. The summed E-state index contributed by atoms with van der Waals surface area (Å²) >= 11 is 0. The number of piperidine rings is 1. The fourth-order valence-corrected chi connectivity index (χ4v) is 2.27. The van der Waals surface area contributed by atoms with Crippen molar-refractivity contribution in [1.29, 1.82) is 0 Å². The van der Waals surface area contributed by atoms with Gasteiger partial charge in [-0.2, -0.15) is 4.52 Å². The van der Waals surface area contributed by atoms with Crippen molar-refractivity contribution in [3.63, 3.8) is 0 Å². The summed E-state index contributed by atoms with van der Waals surface area (Å²) in [5, 5.41) is 14.9. The van der Waals surface area contributed by atoms with Gasteiger partial charge in [-0.25, -0.2) is 0 Å². The second-order valence-electron chi connectivity index (χ2n) is 4.49. The zero-order chi connectivity index (χ0) is 11.7. The van der Waals surface area contributed by atoms with Crippen molar-refractivity contribution in [2.75, 3.05) is 25.5 Å². The van der Waals surface area contributed by atoms with Gasteiger partial charge in [-0.15, -0.1) is 5.10 Å². The Morgan fingerprint density at radius 3 is 3.24 bits per heavy atom. The summed E-state index contributed by atoms with van der Waals surface area (Å²) in [5.74, 6) is 0.854. The van der Waals surface area contributed by atoms with Gasteiger partial charge in [0.25, 0.3) is 0 Å². The average molecular weight is 233 g/mol. The first-order valence-corrected chi connectivity index (χ1v) is 5.80. The largest absolute Gasteiger partial charge is 0.365 e. The fourth-order valence-electron chi connectivity index (χ4n) is 2.27. The van der Waals surface area contributed by atoms with Crippen LogP contribution in [-0.2, 0) is 0 Å². The maximum atomic E-state index is 4.13. The molecule has 7 heteroatoms. The zero-order valence-corrected chi connectivity index (χ0v) is 9.74. The molecule has 1 N–H and O–H groups in total. The number of tetrazole rings is 1. The van der Waals surface area contributed by atoms with E-state index in [9.17, 15) is 0 Å². The van der Waals surface area contributed by atoms with E-state index >= 15 is 0 Å². The number of hydrogen-bond donors (Lipinski definition) is 1. The molecule has 17 heavy (non-hydrogen) atoms. The highest BCUT2D eigenvalue weighted by atomic mass is 15.5. The first kappa shape index (κ1) is 10.4. The Bertz CT molecular complexity index is 508. The highest BCUT2D eigenvalue weighted by Gasteiger charge is 2.18. The molecule has 0 aliphatic carbocycles. The van der Waals surface area contributed by atoms with Gasteiger partial charge in [0.1, 0.15) is 0 Å². The SMILES string of the molecule is CN1CCCC(Nc2cncc3nnnn23)C1. The van der Waals surface area contributed by atoms with E-state index in [0.717, 1.165) is 12.4 Å². The molecular weight excluding hydrogens is 218 g/mol. The van der Waals surface area contributed by atoms with Gasteiger partial charge in [0.15, 0.2) is 11.5 Å². The lowest BCUT2D eigenvalue weighted by Gasteiger charge is -2.30. The molecule has 1 unspecified atom stereocenters. The van der Waals surface area contributed by atoms with Gasteiger partial charge in [-0.1, -0.05) is 0 Å². The summed E-state index contributed by atoms with van der Waals surface area (Å²) < 4.78 is 1.68. The summed E-state index contributed by atoms with van der Waals surface area (Å²) in [5.41, 5.74) is 0.666. The monoisotopic (exact) mass is 233 g/mol. The number of nitrogens with one attached hydrogen (secondary N) is 1. The number of likely N-dealkylation sites (N-methyl/N-ethyl adjacent to an activating group) is 1. The molecule has 0 spiro atoms. The van der Waals surface area contributed by atoms with Crippen molar-refractivity contribution < 1.29 is 0 Å². The summed E-state index contributed by atoms with van der Waals surface area (Å²) in [7, 11) is 2.14. The Hall–Kier alpha value is -1.76. The number of anilines is 1. The van der Waals surface area contributed by atoms with Gasteiger partial charge in [0.05, 0.1) is 12.4 Å². The predicted molar refractivity (Wildman–Crippen MR) is 62.7 cm³/mol. The van der Waals surface area contributed by atoms with Crippen molar-refractivity contribution in [3.05, 3.63) is 12.4 Å². The quantitative estimate of drug-likeness (QED) is 0.788. The molecule has 2 aromatic rings. The third kappa shape index (κ3) is 2.05. The molecule has 0 radical (unpaired) electrons. The van der Waals surface area contributed by atoms with Gasteiger partial charge in [0, 0.05) is 12.6 Å². The first-order chi connectivity index (χ1) is 8.33. The smallest absolute Gasteiger partial charge is 0.199 e. The lowest BCUT2D eigenvalue weighted by molar-refractivity contribution is 0.260. The van der Waals surface area contributed by atoms with Crippen molar-refractivity contribution >= 4 is 11.5 Å². The molecule has 0 saturated carbocycles. The van der Waals surface area contributed by atoms with Crippen LogP contribution in [0.5, 0.6) is 0 Å². The Morgan fingerprint density at radius 1 is 1.41 bits per heavy atom. The average Bonchev–Trinajstić information content (AvgIpc) is 2.78. The Morgan fingerprint density at radius 2 is 2.35 bits per heavy atom. The highest BCUT2D eigenvalue weighted by Crippen LogP contribution is 2.14. The van der Waals surface area contributed by atoms with Crippen LogP contribution in [0.25, 0.3) is 5.65 Å². The molecule has 7 nitrogen and oxygen atoms in total. The molecule has 0 bridgehead atoms. The minimum atomic E-state index is 0.436. The van der Waals surface area contributed by atoms with Crippen LogP contribution >= 0.6 is 0 Å². The van der Waals surface area contributed by atoms with Crippen LogP contribution < -0.4 is 5.32 Å². The normalized spacial score (nSPS) is 21.8. The van der Waals surface area contributed by atoms with Crippen LogP contribution in [0, 0.1) is 0 Å². The Kier molecular flexibility index (Phi) is 2.60. The zero-order valence-electron chi connectivity index (χ0n) is 9.74. The molecular formula is C10H15N7. The summed E-state index contributed by atoms with van der Waals surface area (Å²) in [6.45, 7) is 2.21. The lowest BCUT2D eigenvalue weighted by atomic mass is 10.1. The number of nitrogens with zero attached hydrogens (tertiary/aromatic N) is 6. The molecule has 1 aliphatic heterocycles. The Balaban J connectivity index is 1.82. The topological polar surface area (TPSA) is 71.2 Å². The molecule has 1 fully saturated rings. The lowest BCUT2D eigenvalue weighted by Crippen LogP contribution is -2.40. The van der Waals surface area contributed by atoms with Crippen molar-refractivity contribution in [3.8, 4) is 0 Å². The highest BCUT2D eigenvalue weighted by molar-refractivity contribution is 5.44. The number of likely N-dealkylation sites (tertiary alicyclic amines) is 1. The van der Waals surface area contributed by atoms with Crippen molar-refractivity contribution in [2.45, 2.75) is 18.9 Å². The van der Waals surface area contributed by atoms with Gasteiger partial charge < -0.3 is 10.2 Å². The van der Waals surface area contributed by atoms with Crippen LogP contribution in [0.1, 0.15) is 12.8 Å². The van der Waals surface area contributed by atoms with Crippen LogP contribution in [-0.4, -0.2) is 56.1 Å². The van der Waals surface area contributed by atoms with E-state index in [-0.39, 0.29) is 0 Å². The van der Waals surface area contributed by atoms with E-state index in [4.69, 9.17) is 0 Å². The van der Waals surface area contributed by atoms with E-state index in [1.165, 1.54) is 19.4 Å². The van der Waals surface area contributed by atoms with E-state index in [1.807, 2.05) is 0 Å². The van der Waals surface area contributed by atoms with Gasteiger partial charge >= 0.3 is 0 Å². The van der Waals surface area contributed by atoms with Crippen molar-refractivity contribution in [1.82, 2.24) is 29.9 Å². The third-order valence-electron chi connectivity index (χ3n) is 3.09. The summed E-state index contributed by atoms with van der Waals surface area (Å²) in [6.07, 6.45) is 5.80. The van der Waals surface area contributed by atoms with Crippen LogP contribution in [0.4, 0.5) is 5.82 Å². The number of hydrogen-bond acceptors (Lipinski definition) is 6. The molecule has 0 aromatic carbocycles. The number of rotatable bonds is 2. The molecule has 1 saturated heterocycles. The maximum Gasteiger partial charge on any atom is 0.199 e. The van der Waals surface area contributed by atoms with Crippen LogP contribution in [0.2, 0.25) is 0 Å². The molecule has 1 aliphatic rings. The van der Waals surface area contributed by atoms with E-state index in [0.29, 0.717) is 11.7 Å². The van der Waals surface area contributed by atoms with E-state index < -0.39 is 0 Å². The van der Waals surface area contributed by atoms with Crippen molar-refractivity contribution in [2.24, 2.45) is 0 Å². The molecule has 3 rings (SSSR count). The summed E-state index contributed by atoms with van der Waals surface area (Å²) in [6, 6.07) is 0.436.